The summed E-state index contributed by atoms with van der Waals surface area (Å²) < 4.78 is 6.60. The number of phenols is 1. The molecule has 2 heterocycles. The van der Waals surface area contributed by atoms with E-state index in [1.165, 1.54) is 11.1 Å². The van der Waals surface area contributed by atoms with Gasteiger partial charge in [0.15, 0.2) is 5.78 Å². The lowest BCUT2D eigenvalue weighted by Crippen LogP contribution is -2.76. The summed E-state index contributed by atoms with van der Waals surface area (Å²) in [5.41, 5.74) is 8.67. The molecule has 1 spiro atoms. The van der Waals surface area contributed by atoms with Gasteiger partial charge in [0.1, 0.15) is 17.6 Å². The number of carbonyl (C=O) groups is 2. The monoisotopic (exact) mass is 916 g/mol. The standard InChI is InChI=1S/C58H81N3O6/c1-34(25-44(63)48-55(6,67-48)41-16-11-15-40(41)36-13-10-14-38(59)28-36)46-42-18-19-45-53(4)31-56(37-26-35(30-60-7)27-39(62)29-37)23-24-58(32-57(45)22-12-17-43(47(46)64)54(42,57)5)49(53)52(3,50(56)65)21-9-8-20-51(2,66)33-61-58/h10,13-14,26-29,34,40-41,43-45,48-49,60-63,66H,8-9,11-12,15-25,30-33,59H2,1-7H3/t34-,40+,41-,43+,44-,45-,48-,49+,51-,52-,53+,54-,55-,56+,57+,58+/m1/s1. The first-order valence-electron chi connectivity index (χ1n) is 26.7. The number of nitrogen functional groups attached to an aromatic ring is 1. The maximum absolute atomic E-state index is 16.1. The van der Waals surface area contributed by atoms with Crippen molar-refractivity contribution in [2.75, 3.05) is 19.3 Å². The summed E-state index contributed by atoms with van der Waals surface area (Å²) in [6, 6.07) is 14.3. The highest BCUT2D eigenvalue weighted by Gasteiger charge is 2.81. The summed E-state index contributed by atoms with van der Waals surface area (Å²) in [5.74, 6) is 1.68. The van der Waals surface area contributed by atoms with Crippen LogP contribution in [-0.4, -0.2) is 69.4 Å². The van der Waals surface area contributed by atoms with Gasteiger partial charge in [-0.15, -0.1) is 0 Å². The van der Waals surface area contributed by atoms with E-state index < -0.39 is 33.7 Å². The van der Waals surface area contributed by atoms with E-state index >= 15 is 9.59 Å². The lowest BCUT2D eigenvalue weighted by atomic mass is 9.29. The number of aliphatic hydroxyl groups is 2. The van der Waals surface area contributed by atoms with Crippen molar-refractivity contribution >= 4 is 17.3 Å². The van der Waals surface area contributed by atoms with Crippen molar-refractivity contribution in [1.29, 1.82) is 0 Å². The van der Waals surface area contributed by atoms with E-state index in [-0.39, 0.29) is 51.8 Å². The van der Waals surface area contributed by atoms with Gasteiger partial charge in [-0.1, -0.05) is 77.2 Å². The number of rotatable bonds is 9. The molecule has 7 saturated carbocycles. The highest BCUT2D eigenvalue weighted by Crippen LogP contribution is 2.82. The Morgan fingerprint density at radius 1 is 0.910 bits per heavy atom. The van der Waals surface area contributed by atoms with Crippen LogP contribution in [0.4, 0.5) is 5.69 Å². The van der Waals surface area contributed by atoms with Crippen molar-refractivity contribution in [1.82, 2.24) is 10.6 Å². The summed E-state index contributed by atoms with van der Waals surface area (Å²) in [6.45, 7) is 14.9. The largest absolute Gasteiger partial charge is 0.508 e. The number of ether oxygens (including phenoxy) is 1. The minimum absolute atomic E-state index is 0.0564. The molecule has 8 aliphatic carbocycles. The predicted octanol–water partition coefficient (Wildman–Crippen LogP) is 9.59. The molecule has 364 valence electrons. The van der Waals surface area contributed by atoms with Crippen LogP contribution in [0.5, 0.6) is 5.75 Å². The van der Waals surface area contributed by atoms with Crippen LogP contribution in [0, 0.1) is 51.2 Å². The fourth-order valence-electron chi connectivity index (χ4n) is 19.8. The van der Waals surface area contributed by atoms with Gasteiger partial charge in [-0.2, -0.15) is 0 Å². The van der Waals surface area contributed by atoms with Crippen molar-refractivity contribution in [3.8, 4) is 5.75 Å². The van der Waals surface area contributed by atoms with E-state index in [0.29, 0.717) is 55.8 Å². The van der Waals surface area contributed by atoms with Crippen LogP contribution in [0.25, 0.3) is 0 Å². The number of epoxide rings is 1. The van der Waals surface area contributed by atoms with E-state index in [1.807, 2.05) is 38.2 Å². The third-order valence-electron chi connectivity index (χ3n) is 22.0. The topological polar surface area (TPSA) is 157 Å². The van der Waals surface area contributed by atoms with E-state index in [4.69, 9.17) is 10.5 Å². The second kappa shape index (κ2) is 15.5. The Hall–Kier alpha value is -3.08. The highest BCUT2D eigenvalue weighted by atomic mass is 16.6. The van der Waals surface area contributed by atoms with Gasteiger partial charge in [0, 0.05) is 41.1 Å². The van der Waals surface area contributed by atoms with Gasteiger partial charge in [-0.05, 0) is 191 Å². The molecule has 2 aromatic carbocycles. The maximum Gasteiger partial charge on any atom is 0.163 e. The quantitative estimate of drug-likeness (QED) is 0.107. The molecule has 0 radical (unpaired) electrons. The smallest absolute Gasteiger partial charge is 0.163 e. The maximum atomic E-state index is 16.1. The Morgan fingerprint density at radius 2 is 1.70 bits per heavy atom. The number of nitrogens with one attached hydrogen (secondary N) is 2. The van der Waals surface area contributed by atoms with Gasteiger partial charge in [-0.3, -0.25) is 9.59 Å². The minimum atomic E-state index is -0.883. The van der Waals surface area contributed by atoms with E-state index in [1.54, 1.807) is 0 Å². The zero-order chi connectivity index (χ0) is 47.3. The molecule has 0 unspecified atom stereocenters. The normalized spacial score (nSPS) is 46.4. The van der Waals surface area contributed by atoms with Crippen LogP contribution in [0.2, 0.25) is 0 Å². The molecule has 2 aromatic rings. The number of ketones is 2. The van der Waals surface area contributed by atoms with Crippen LogP contribution >= 0.6 is 0 Å². The van der Waals surface area contributed by atoms with Gasteiger partial charge in [-0.25, -0.2) is 0 Å². The fourth-order valence-corrected chi connectivity index (χ4v) is 19.8. The van der Waals surface area contributed by atoms with Crippen molar-refractivity contribution < 1.29 is 29.6 Å². The number of aliphatic hydroxyl groups excluding tert-OH is 1. The van der Waals surface area contributed by atoms with Crippen LogP contribution < -0.4 is 16.4 Å². The number of nitrogens with two attached hydrogens (primary N) is 1. The zero-order valence-corrected chi connectivity index (χ0v) is 41.7. The number of carbonyl (C=O) groups excluding carboxylic acids is 2. The van der Waals surface area contributed by atoms with Gasteiger partial charge >= 0.3 is 0 Å². The molecule has 9 nitrogen and oxygen atoms in total. The average Bonchev–Trinajstić information content (AvgIpc) is 3.66. The molecular formula is C58H81N3O6. The minimum Gasteiger partial charge on any atom is -0.508 e. The second-order valence-electron chi connectivity index (χ2n) is 25.6. The molecule has 67 heavy (non-hydrogen) atoms. The molecule has 10 aliphatic rings. The number of β-amino-alcohol motifs (C(OH)–C–C–N with tert-alkyl or cyclic N) is 1. The number of anilines is 1. The number of aromatic hydroxyl groups is 1. The number of hydrogen-bond acceptors (Lipinski definition) is 9. The van der Waals surface area contributed by atoms with Crippen molar-refractivity contribution in [3.63, 3.8) is 0 Å². The Bertz CT molecular complexity index is 2400. The van der Waals surface area contributed by atoms with Crippen molar-refractivity contribution in [3.05, 3.63) is 70.3 Å². The van der Waals surface area contributed by atoms with Gasteiger partial charge < -0.3 is 36.4 Å². The van der Waals surface area contributed by atoms with Gasteiger partial charge in [0.05, 0.1) is 22.7 Å². The first kappa shape index (κ1) is 46.3. The molecular weight excluding hydrogens is 835 g/mol. The summed E-state index contributed by atoms with van der Waals surface area (Å²) in [6.07, 6.45) is 14.0. The van der Waals surface area contributed by atoms with Crippen molar-refractivity contribution in [2.24, 2.45) is 51.2 Å². The molecule has 9 fully saturated rings. The Morgan fingerprint density at radius 3 is 2.48 bits per heavy atom. The van der Waals surface area contributed by atoms with E-state index in [2.05, 4.69) is 63.5 Å². The fraction of sp³-hybridized carbons (Fsp3) is 0.724. The third kappa shape index (κ3) is 6.41. The van der Waals surface area contributed by atoms with Gasteiger partial charge in [0.2, 0.25) is 0 Å². The van der Waals surface area contributed by atoms with Crippen LogP contribution in [0.3, 0.4) is 0 Å². The third-order valence-corrected chi connectivity index (χ3v) is 22.0. The van der Waals surface area contributed by atoms with Crippen LogP contribution in [-0.2, 0) is 26.3 Å². The number of benzene rings is 2. The first-order valence-corrected chi connectivity index (χ1v) is 26.7. The number of allylic oxidation sites excluding steroid dienone is 2. The van der Waals surface area contributed by atoms with Crippen LogP contribution in [0.1, 0.15) is 173 Å². The molecule has 5 bridgehead atoms. The summed E-state index contributed by atoms with van der Waals surface area (Å²) in [7, 11) is 1.93. The first-order chi connectivity index (χ1) is 31.7. The van der Waals surface area contributed by atoms with Gasteiger partial charge in [0.25, 0.3) is 0 Å². The van der Waals surface area contributed by atoms with Crippen molar-refractivity contribution in [2.45, 2.75) is 198 Å². The SMILES string of the molecule is CNCc1cc(O)cc([C@]23CC[C@]45C[C@@]67CCC[C@H]8C(=O)C([C@H](C)C[C@@H](O)[C@H]9O[C@]9(C)[C@@H]9CCC[C@H]9c9cccc(N)c9)=C(CC[C@@H]6[C@](C)(C2)[C@@H]4[C@@](C)(CCCC[C@@](C)(O)CN5)C3=O)[C@]87C)c1. The number of phenolic OH excluding ortho intramolecular Hbond substituents is 1. The molecule has 12 rings (SSSR count). The van der Waals surface area contributed by atoms with E-state index in [9.17, 15) is 15.3 Å². The molecule has 2 aliphatic heterocycles. The number of fused-ring (bicyclic) bond motifs is 1. The summed E-state index contributed by atoms with van der Waals surface area (Å²) in [4.78, 5) is 31.5. The Balaban J connectivity index is 0.984. The molecule has 9 heteroatoms. The summed E-state index contributed by atoms with van der Waals surface area (Å²) in [5, 5.41) is 43.1. The highest BCUT2D eigenvalue weighted by molar-refractivity contribution is 6.03. The number of hydrogen-bond donors (Lipinski definition) is 6. The molecule has 0 amide bonds. The molecule has 0 aromatic heterocycles. The summed E-state index contributed by atoms with van der Waals surface area (Å²) >= 11 is 0. The molecule has 7 N–H and O–H groups in total. The molecule has 16 atom stereocenters. The zero-order valence-electron chi connectivity index (χ0n) is 41.7. The van der Waals surface area contributed by atoms with E-state index in [0.717, 1.165) is 112 Å². The lowest BCUT2D eigenvalue weighted by molar-refractivity contribution is -0.238. The average molecular weight is 916 g/mol. The Kier molecular flexibility index (Phi) is 10.7. The molecule has 2 saturated heterocycles. The predicted molar refractivity (Wildman–Crippen MR) is 262 cm³/mol. The lowest BCUT2D eigenvalue weighted by Gasteiger charge is -2.75. The number of Topliss-reactive ketones (excluding diaryl/α,β-unsaturated/α-hetero) is 2. The second-order valence-corrected chi connectivity index (χ2v) is 25.6. The van der Waals surface area contributed by atoms with Crippen LogP contribution in [0.15, 0.2) is 53.6 Å². The Labute approximate surface area is 400 Å².